The van der Waals surface area contributed by atoms with Crippen LogP contribution in [0.15, 0.2) is 30.5 Å². The molecule has 0 bridgehead atoms. The van der Waals surface area contributed by atoms with Crippen molar-refractivity contribution in [3.8, 4) is 11.3 Å². The lowest BCUT2D eigenvalue weighted by Gasteiger charge is -2.10. The van der Waals surface area contributed by atoms with Gasteiger partial charge in [0.15, 0.2) is 0 Å². The minimum atomic E-state index is -4.42. The molecule has 3 aromatic rings. The first-order chi connectivity index (χ1) is 9.79. The molecule has 2 heterocycles. The largest absolute Gasteiger partial charge is 0.417 e. The summed E-state index contributed by atoms with van der Waals surface area (Å²) in [7, 11) is 3.37. The van der Waals surface area contributed by atoms with Crippen LogP contribution in [0.4, 0.5) is 19.0 Å². The van der Waals surface area contributed by atoms with Crippen molar-refractivity contribution in [1.29, 1.82) is 0 Å². The van der Waals surface area contributed by atoms with Crippen molar-refractivity contribution in [2.24, 2.45) is 14.1 Å². The highest BCUT2D eigenvalue weighted by atomic mass is 19.4. The molecule has 0 saturated carbocycles. The number of fused-ring (bicyclic) bond motifs is 1. The molecule has 0 amide bonds. The molecule has 110 valence electrons. The van der Waals surface area contributed by atoms with E-state index in [0.29, 0.717) is 16.8 Å². The van der Waals surface area contributed by atoms with Crippen LogP contribution in [0.1, 0.15) is 5.56 Å². The highest BCUT2D eigenvalue weighted by molar-refractivity contribution is 5.98. The van der Waals surface area contributed by atoms with E-state index in [1.54, 1.807) is 37.0 Å². The van der Waals surface area contributed by atoms with E-state index in [-0.39, 0.29) is 11.2 Å². The topological polar surface area (TPSA) is 48.8 Å². The van der Waals surface area contributed by atoms with Crippen molar-refractivity contribution < 1.29 is 13.2 Å². The van der Waals surface area contributed by atoms with Gasteiger partial charge >= 0.3 is 6.18 Å². The number of halogens is 3. The molecule has 0 aliphatic rings. The van der Waals surface area contributed by atoms with E-state index in [9.17, 15) is 13.2 Å². The Labute approximate surface area is 118 Å². The van der Waals surface area contributed by atoms with E-state index >= 15 is 0 Å². The number of benzene rings is 1. The molecule has 1 aromatic carbocycles. The molecule has 0 atom stereocenters. The summed E-state index contributed by atoms with van der Waals surface area (Å²) >= 11 is 0. The van der Waals surface area contributed by atoms with Gasteiger partial charge in [-0.15, -0.1) is 0 Å². The molecule has 0 aliphatic carbocycles. The third-order valence-corrected chi connectivity index (χ3v) is 3.49. The smallest absolute Gasteiger partial charge is 0.382 e. The summed E-state index contributed by atoms with van der Waals surface area (Å²) in [5.74, 6) is 0.272. The summed E-state index contributed by atoms with van der Waals surface area (Å²) in [6.45, 7) is 0. The normalized spacial score (nSPS) is 12.2. The van der Waals surface area contributed by atoms with Crippen molar-refractivity contribution in [3.05, 3.63) is 36.0 Å². The molecule has 0 saturated heterocycles. The van der Waals surface area contributed by atoms with Gasteiger partial charge in [-0.05, 0) is 12.1 Å². The van der Waals surface area contributed by atoms with E-state index in [4.69, 9.17) is 5.73 Å². The fraction of sp³-hybridized carbons (Fsp3) is 0.214. The van der Waals surface area contributed by atoms with Gasteiger partial charge in [-0.3, -0.25) is 4.68 Å². The lowest BCUT2D eigenvalue weighted by molar-refractivity contribution is -0.136. The summed E-state index contributed by atoms with van der Waals surface area (Å²) in [4.78, 5) is 0. The maximum atomic E-state index is 13.3. The van der Waals surface area contributed by atoms with Crippen LogP contribution in [0.3, 0.4) is 0 Å². The number of nitrogen functional groups attached to an aromatic ring is 1. The van der Waals surface area contributed by atoms with Gasteiger partial charge in [-0.25, -0.2) is 0 Å². The monoisotopic (exact) mass is 294 g/mol. The van der Waals surface area contributed by atoms with E-state index in [1.807, 2.05) is 0 Å². The fourth-order valence-corrected chi connectivity index (χ4v) is 2.62. The van der Waals surface area contributed by atoms with Gasteiger partial charge in [-0.2, -0.15) is 18.3 Å². The standard InChI is InChI=1S/C14H13F3N4/c1-20-7-8(11-6-12(18)19-21(11)2)13-9(14(15,16)17)4-3-5-10(13)20/h3-7H,1-2H3,(H2,18,19). The fourth-order valence-electron chi connectivity index (χ4n) is 2.62. The molecule has 2 N–H and O–H groups in total. The van der Waals surface area contributed by atoms with Crippen molar-refractivity contribution in [3.63, 3.8) is 0 Å². The summed E-state index contributed by atoms with van der Waals surface area (Å²) in [6, 6.07) is 5.73. The molecule has 0 spiro atoms. The Balaban J connectivity index is 2.41. The van der Waals surface area contributed by atoms with Gasteiger partial charge in [0.1, 0.15) is 5.82 Å². The molecule has 7 heteroatoms. The van der Waals surface area contributed by atoms with Crippen LogP contribution in [0.5, 0.6) is 0 Å². The van der Waals surface area contributed by atoms with E-state index in [2.05, 4.69) is 5.10 Å². The predicted octanol–water partition coefficient (Wildman–Crippen LogP) is 3.18. The summed E-state index contributed by atoms with van der Waals surface area (Å²) in [6.07, 6.45) is -2.75. The van der Waals surface area contributed by atoms with Crippen molar-refractivity contribution in [2.75, 3.05) is 5.73 Å². The van der Waals surface area contributed by atoms with Crippen LogP contribution in [0.25, 0.3) is 22.2 Å². The molecule has 21 heavy (non-hydrogen) atoms. The summed E-state index contributed by atoms with van der Waals surface area (Å²) < 4.78 is 43.0. The van der Waals surface area contributed by atoms with Crippen molar-refractivity contribution in [2.45, 2.75) is 6.18 Å². The lowest BCUT2D eigenvalue weighted by Crippen LogP contribution is -2.06. The Morgan fingerprint density at radius 3 is 2.48 bits per heavy atom. The molecular formula is C14H13F3N4. The Morgan fingerprint density at radius 1 is 1.19 bits per heavy atom. The average molecular weight is 294 g/mol. The van der Waals surface area contributed by atoms with Gasteiger partial charge in [0.2, 0.25) is 0 Å². The number of rotatable bonds is 1. The van der Waals surface area contributed by atoms with Gasteiger partial charge in [-0.1, -0.05) is 6.07 Å². The van der Waals surface area contributed by atoms with Crippen molar-refractivity contribution in [1.82, 2.24) is 14.3 Å². The Morgan fingerprint density at radius 2 is 1.90 bits per heavy atom. The highest BCUT2D eigenvalue weighted by Gasteiger charge is 2.34. The minimum Gasteiger partial charge on any atom is -0.382 e. The number of nitrogens with zero attached hydrogens (tertiary/aromatic N) is 3. The predicted molar refractivity (Wildman–Crippen MR) is 74.5 cm³/mol. The lowest BCUT2D eigenvalue weighted by atomic mass is 10.0. The Hall–Kier alpha value is -2.44. The summed E-state index contributed by atoms with van der Waals surface area (Å²) in [5, 5.41) is 4.16. The second kappa shape index (κ2) is 4.28. The molecule has 4 nitrogen and oxygen atoms in total. The number of nitrogens with two attached hydrogens (primary N) is 1. The first-order valence-corrected chi connectivity index (χ1v) is 6.24. The zero-order chi connectivity index (χ0) is 15.4. The number of alkyl halides is 3. The maximum Gasteiger partial charge on any atom is 0.417 e. The zero-order valence-corrected chi connectivity index (χ0v) is 11.4. The number of anilines is 1. The quantitative estimate of drug-likeness (QED) is 0.749. The number of aryl methyl sites for hydroxylation is 2. The number of aromatic nitrogens is 3. The third kappa shape index (κ3) is 2.05. The third-order valence-electron chi connectivity index (χ3n) is 3.49. The SMILES string of the molecule is Cn1nc(N)cc1-c1cn(C)c2cccc(C(F)(F)F)c12. The number of hydrogen-bond donors (Lipinski definition) is 1. The second-order valence-corrected chi connectivity index (χ2v) is 4.93. The second-order valence-electron chi connectivity index (χ2n) is 4.93. The molecular weight excluding hydrogens is 281 g/mol. The average Bonchev–Trinajstić information content (AvgIpc) is 2.89. The molecule has 2 aromatic heterocycles. The molecule has 0 radical (unpaired) electrons. The zero-order valence-electron chi connectivity index (χ0n) is 11.4. The van der Waals surface area contributed by atoms with Crippen LogP contribution in [0, 0.1) is 0 Å². The van der Waals surface area contributed by atoms with Gasteiger partial charge < -0.3 is 10.3 Å². The van der Waals surface area contributed by atoms with E-state index in [1.165, 1.54) is 10.7 Å². The van der Waals surface area contributed by atoms with Crippen LogP contribution >= 0.6 is 0 Å². The van der Waals surface area contributed by atoms with Crippen LogP contribution in [-0.4, -0.2) is 14.3 Å². The highest BCUT2D eigenvalue weighted by Crippen LogP contribution is 2.40. The van der Waals surface area contributed by atoms with Gasteiger partial charge in [0.25, 0.3) is 0 Å². The Kier molecular flexibility index (Phi) is 2.76. The molecule has 0 fully saturated rings. The van der Waals surface area contributed by atoms with Crippen LogP contribution in [0.2, 0.25) is 0 Å². The van der Waals surface area contributed by atoms with Crippen molar-refractivity contribution >= 4 is 16.7 Å². The van der Waals surface area contributed by atoms with Crippen LogP contribution in [-0.2, 0) is 20.3 Å². The molecule has 3 rings (SSSR count). The van der Waals surface area contributed by atoms with Crippen LogP contribution < -0.4 is 5.73 Å². The Bertz CT molecular complexity index is 827. The summed E-state index contributed by atoms with van der Waals surface area (Å²) in [5.41, 5.74) is 6.50. The van der Waals surface area contributed by atoms with E-state index < -0.39 is 11.7 Å². The first kappa shape index (κ1) is 13.5. The molecule has 0 unspecified atom stereocenters. The number of hydrogen-bond acceptors (Lipinski definition) is 2. The van der Waals surface area contributed by atoms with Gasteiger partial charge in [0, 0.05) is 42.8 Å². The minimum absolute atomic E-state index is 0.163. The van der Waals surface area contributed by atoms with Gasteiger partial charge in [0.05, 0.1) is 11.3 Å². The molecule has 0 aliphatic heterocycles. The first-order valence-electron chi connectivity index (χ1n) is 6.24. The maximum absolute atomic E-state index is 13.3. The van der Waals surface area contributed by atoms with E-state index in [0.717, 1.165) is 6.07 Å².